The third-order valence-electron chi connectivity index (χ3n) is 4.29. The minimum atomic E-state index is -4.45. The van der Waals surface area contributed by atoms with Crippen molar-refractivity contribution in [3.63, 3.8) is 0 Å². The molecular weight excluding hydrogens is 335 g/mol. The number of aryl methyl sites for hydroxylation is 1. The fourth-order valence-electron chi connectivity index (χ4n) is 2.63. The summed E-state index contributed by atoms with van der Waals surface area (Å²) in [4.78, 5) is 18.4. The molecule has 0 spiro atoms. The van der Waals surface area contributed by atoms with E-state index < -0.39 is 23.8 Å². The lowest BCUT2D eigenvalue weighted by Crippen LogP contribution is -2.37. The first-order chi connectivity index (χ1) is 11.8. The Morgan fingerprint density at radius 3 is 2.48 bits per heavy atom. The fourth-order valence-corrected chi connectivity index (χ4v) is 2.63. The average molecular weight is 353 g/mol. The molecule has 5 nitrogen and oxygen atoms in total. The van der Waals surface area contributed by atoms with Crippen LogP contribution in [0.15, 0.2) is 36.7 Å². The maximum Gasteiger partial charge on any atom is 0.416 e. The molecular formula is C17H18F3N3O2. The van der Waals surface area contributed by atoms with E-state index in [2.05, 4.69) is 4.98 Å². The topological polar surface area (TPSA) is 58.4 Å². The highest BCUT2D eigenvalue weighted by Crippen LogP contribution is 2.32. The van der Waals surface area contributed by atoms with Gasteiger partial charge in [-0.3, -0.25) is 4.79 Å². The standard InChI is InChI=1S/C17H18F3N3O2/c1-22-9-8-21-14(22)10-23(13-6-7-13)16(25)15(24)11-2-4-12(5-3-11)17(18,19)20/h2-5,8-9,13,15,24H,6-7,10H2,1H3/t15-/m0/s1. The maximum absolute atomic E-state index is 12.7. The molecule has 134 valence electrons. The number of aromatic nitrogens is 2. The molecule has 1 atom stereocenters. The highest BCUT2D eigenvalue weighted by atomic mass is 19.4. The number of aliphatic hydroxyl groups is 1. The summed E-state index contributed by atoms with van der Waals surface area (Å²) in [6, 6.07) is 4.04. The van der Waals surface area contributed by atoms with E-state index in [9.17, 15) is 23.1 Å². The van der Waals surface area contributed by atoms with Crippen LogP contribution in [0.1, 0.15) is 35.9 Å². The lowest BCUT2D eigenvalue weighted by atomic mass is 10.1. The third kappa shape index (κ3) is 3.84. The Morgan fingerprint density at radius 1 is 1.36 bits per heavy atom. The second-order valence-corrected chi connectivity index (χ2v) is 6.17. The molecule has 1 amide bonds. The monoisotopic (exact) mass is 353 g/mol. The number of aliphatic hydroxyl groups excluding tert-OH is 1. The summed E-state index contributed by atoms with van der Waals surface area (Å²) in [5, 5.41) is 10.3. The van der Waals surface area contributed by atoms with E-state index in [0.717, 1.165) is 37.1 Å². The number of alkyl halides is 3. The number of benzene rings is 1. The fraction of sp³-hybridized carbons (Fsp3) is 0.412. The van der Waals surface area contributed by atoms with Gasteiger partial charge in [0.2, 0.25) is 0 Å². The molecule has 0 bridgehead atoms. The van der Waals surface area contributed by atoms with E-state index in [-0.39, 0.29) is 18.2 Å². The van der Waals surface area contributed by atoms with Crippen molar-refractivity contribution in [1.82, 2.24) is 14.5 Å². The Balaban J connectivity index is 1.76. The van der Waals surface area contributed by atoms with Gasteiger partial charge >= 0.3 is 6.18 Å². The van der Waals surface area contributed by atoms with Gasteiger partial charge in [0.05, 0.1) is 12.1 Å². The highest BCUT2D eigenvalue weighted by molar-refractivity contribution is 5.82. The van der Waals surface area contributed by atoms with E-state index in [1.807, 2.05) is 7.05 Å². The third-order valence-corrected chi connectivity index (χ3v) is 4.29. The van der Waals surface area contributed by atoms with Gasteiger partial charge in [-0.25, -0.2) is 4.98 Å². The first-order valence-corrected chi connectivity index (χ1v) is 7.89. The van der Waals surface area contributed by atoms with Crippen LogP contribution in [0.2, 0.25) is 0 Å². The van der Waals surface area contributed by atoms with Gasteiger partial charge < -0.3 is 14.6 Å². The van der Waals surface area contributed by atoms with Crippen molar-refractivity contribution in [2.45, 2.75) is 37.7 Å². The van der Waals surface area contributed by atoms with Gasteiger partial charge in [0.15, 0.2) is 6.10 Å². The summed E-state index contributed by atoms with van der Waals surface area (Å²) in [6.45, 7) is 0.255. The van der Waals surface area contributed by atoms with Gasteiger partial charge in [-0.2, -0.15) is 13.2 Å². The summed E-state index contributed by atoms with van der Waals surface area (Å²) < 4.78 is 39.7. The molecule has 1 heterocycles. The first kappa shape index (κ1) is 17.5. The van der Waals surface area contributed by atoms with Crippen LogP contribution in [-0.4, -0.2) is 31.5 Å². The molecule has 3 rings (SSSR count). The zero-order valence-corrected chi connectivity index (χ0v) is 13.6. The Labute approximate surface area is 142 Å². The van der Waals surface area contributed by atoms with Crippen LogP contribution in [0.25, 0.3) is 0 Å². The smallest absolute Gasteiger partial charge is 0.378 e. The summed E-state index contributed by atoms with van der Waals surface area (Å²) in [6.07, 6.45) is -0.880. The quantitative estimate of drug-likeness (QED) is 0.899. The predicted molar refractivity (Wildman–Crippen MR) is 83.2 cm³/mol. The second-order valence-electron chi connectivity index (χ2n) is 6.17. The molecule has 1 aliphatic carbocycles. The summed E-state index contributed by atoms with van der Waals surface area (Å²) in [5.41, 5.74) is -0.675. The lowest BCUT2D eigenvalue weighted by Gasteiger charge is -2.25. The highest BCUT2D eigenvalue weighted by Gasteiger charge is 2.37. The van der Waals surface area contributed by atoms with Crippen LogP contribution in [0.5, 0.6) is 0 Å². The normalized spacial score (nSPS) is 15.9. The molecule has 1 saturated carbocycles. The molecule has 25 heavy (non-hydrogen) atoms. The predicted octanol–water partition coefficient (Wildman–Crippen LogP) is 2.66. The van der Waals surface area contributed by atoms with Crippen molar-refractivity contribution in [1.29, 1.82) is 0 Å². The van der Waals surface area contributed by atoms with Crippen molar-refractivity contribution >= 4 is 5.91 Å². The number of carbonyl (C=O) groups is 1. The Morgan fingerprint density at radius 2 is 2.00 bits per heavy atom. The number of imidazole rings is 1. The number of nitrogens with zero attached hydrogens (tertiary/aromatic N) is 3. The Bertz CT molecular complexity index is 751. The van der Waals surface area contributed by atoms with E-state index in [1.54, 1.807) is 21.9 Å². The summed E-state index contributed by atoms with van der Waals surface area (Å²) in [5.74, 6) is 0.158. The van der Waals surface area contributed by atoms with Crippen LogP contribution in [0, 0.1) is 0 Å². The van der Waals surface area contributed by atoms with Crippen LogP contribution < -0.4 is 0 Å². The van der Waals surface area contributed by atoms with Gasteiger partial charge in [-0.05, 0) is 30.5 Å². The molecule has 0 unspecified atom stereocenters. The summed E-state index contributed by atoms with van der Waals surface area (Å²) in [7, 11) is 1.81. The van der Waals surface area contributed by atoms with Crippen LogP contribution in [0.4, 0.5) is 13.2 Å². The molecule has 0 aliphatic heterocycles. The molecule has 0 radical (unpaired) electrons. The largest absolute Gasteiger partial charge is 0.416 e. The molecule has 1 aliphatic rings. The zero-order valence-electron chi connectivity index (χ0n) is 13.6. The van der Waals surface area contributed by atoms with Crippen molar-refractivity contribution < 1.29 is 23.1 Å². The molecule has 8 heteroatoms. The number of amides is 1. The van der Waals surface area contributed by atoms with Crippen molar-refractivity contribution in [2.24, 2.45) is 7.05 Å². The molecule has 2 aromatic rings. The number of halogens is 3. The van der Waals surface area contributed by atoms with Crippen molar-refractivity contribution in [3.8, 4) is 0 Å². The minimum Gasteiger partial charge on any atom is -0.378 e. The van der Waals surface area contributed by atoms with E-state index >= 15 is 0 Å². The van der Waals surface area contributed by atoms with Gasteiger partial charge in [-0.1, -0.05) is 12.1 Å². The Kier molecular flexibility index (Phi) is 4.55. The zero-order chi connectivity index (χ0) is 18.2. The minimum absolute atomic E-state index is 0.0355. The van der Waals surface area contributed by atoms with Gasteiger partial charge in [0.1, 0.15) is 5.82 Å². The molecule has 1 aromatic heterocycles. The van der Waals surface area contributed by atoms with Gasteiger partial charge in [-0.15, -0.1) is 0 Å². The first-order valence-electron chi connectivity index (χ1n) is 7.89. The number of hydrogen-bond donors (Lipinski definition) is 1. The maximum atomic E-state index is 12.7. The molecule has 0 saturated heterocycles. The lowest BCUT2D eigenvalue weighted by molar-refractivity contribution is -0.142. The summed E-state index contributed by atoms with van der Waals surface area (Å²) >= 11 is 0. The Hall–Kier alpha value is -2.35. The second kappa shape index (κ2) is 6.51. The number of rotatable bonds is 5. The SMILES string of the molecule is Cn1ccnc1CN(C(=O)[C@@H](O)c1ccc(C(F)(F)F)cc1)C1CC1. The van der Waals surface area contributed by atoms with Crippen LogP contribution in [-0.2, 0) is 24.6 Å². The molecule has 1 N–H and O–H groups in total. The number of carbonyl (C=O) groups excluding carboxylic acids is 1. The van der Waals surface area contributed by atoms with E-state index in [0.29, 0.717) is 5.82 Å². The van der Waals surface area contributed by atoms with Gasteiger partial charge in [0, 0.05) is 25.5 Å². The van der Waals surface area contributed by atoms with Crippen LogP contribution in [0.3, 0.4) is 0 Å². The van der Waals surface area contributed by atoms with Crippen molar-refractivity contribution in [3.05, 3.63) is 53.6 Å². The molecule has 1 fully saturated rings. The van der Waals surface area contributed by atoms with E-state index in [4.69, 9.17) is 0 Å². The van der Waals surface area contributed by atoms with Crippen molar-refractivity contribution in [2.75, 3.05) is 0 Å². The number of hydrogen-bond acceptors (Lipinski definition) is 3. The van der Waals surface area contributed by atoms with Gasteiger partial charge in [0.25, 0.3) is 5.91 Å². The van der Waals surface area contributed by atoms with E-state index in [1.165, 1.54) is 0 Å². The molecule has 1 aromatic carbocycles. The average Bonchev–Trinajstić information content (AvgIpc) is 3.33. The van der Waals surface area contributed by atoms with Crippen LogP contribution >= 0.6 is 0 Å².